The summed E-state index contributed by atoms with van der Waals surface area (Å²) < 4.78 is 0.661. The van der Waals surface area contributed by atoms with Gasteiger partial charge in [-0.1, -0.05) is 18.5 Å². The van der Waals surface area contributed by atoms with Crippen molar-refractivity contribution in [2.24, 2.45) is 17.6 Å². The van der Waals surface area contributed by atoms with Crippen LogP contribution in [0.4, 0.5) is 0 Å². The molecular formula is C12H17ClN2OS. The smallest absolute Gasteiger partial charge is 0.263 e. The molecule has 2 atom stereocenters. The third-order valence-corrected chi connectivity index (χ3v) is 4.71. The third-order valence-electron chi connectivity index (χ3n) is 3.49. The number of nitrogens with zero attached hydrogens (tertiary/aromatic N) is 1. The maximum atomic E-state index is 12.2. The highest BCUT2D eigenvalue weighted by Crippen LogP contribution is 2.27. The van der Waals surface area contributed by atoms with E-state index >= 15 is 0 Å². The number of carbonyl (C=O) groups excluding carboxylic acids is 1. The number of thiophene rings is 1. The molecule has 1 aromatic rings. The van der Waals surface area contributed by atoms with Gasteiger partial charge >= 0.3 is 0 Å². The zero-order valence-corrected chi connectivity index (χ0v) is 11.4. The summed E-state index contributed by atoms with van der Waals surface area (Å²) in [5, 5.41) is 0. The number of likely N-dealkylation sites (tertiary alicyclic amines) is 1. The molecule has 1 aromatic heterocycles. The first-order chi connectivity index (χ1) is 8.11. The number of hydrogen-bond acceptors (Lipinski definition) is 3. The number of amides is 1. The van der Waals surface area contributed by atoms with Crippen LogP contribution in [0, 0.1) is 11.8 Å². The summed E-state index contributed by atoms with van der Waals surface area (Å²) in [4.78, 5) is 14.8. The van der Waals surface area contributed by atoms with Crippen LogP contribution in [0.5, 0.6) is 0 Å². The number of piperidine rings is 1. The molecule has 2 N–H and O–H groups in total. The van der Waals surface area contributed by atoms with Crippen LogP contribution in [0.2, 0.25) is 4.34 Å². The van der Waals surface area contributed by atoms with Crippen LogP contribution in [0.1, 0.15) is 23.0 Å². The van der Waals surface area contributed by atoms with Crippen molar-refractivity contribution < 1.29 is 4.79 Å². The minimum Gasteiger partial charge on any atom is -0.338 e. The normalized spacial score (nSPS) is 25.0. The highest BCUT2D eigenvalue weighted by Gasteiger charge is 2.28. The predicted molar refractivity (Wildman–Crippen MR) is 71.6 cm³/mol. The monoisotopic (exact) mass is 272 g/mol. The van der Waals surface area contributed by atoms with Gasteiger partial charge in [-0.05, 0) is 36.9 Å². The summed E-state index contributed by atoms with van der Waals surface area (Å²) in [6.07, 6.45) is 1.03. The Morgan fingerprint density at radius 3 is 3.00 bits per heavy atom. The van der Waals surface area contributed by atoms with E-state index in [0.29, 0.717) is 22.7 Å². The standard InChI is InChI=1S/C12H17ClN2OS/c1-8-4-5-15(7-9(8)6-14)12(16)10-2-3-11(13)17-10/h2-3,8-9H,4-7,14H2,1H3. The van der Waals surface area contributed by atoms with Gasteiger partial charge in [0.25, 0.3) is 5.91 Å². The zero-order valence-electron chi connectivity index (χ0n) is 9.86. The van der Waals surface area contributed by atoms with Crippen LogP contribution in [0.15, 0.2) is 12.1 Å². The molecule has 2 heterocycles. The Kier molecular flexibility index (Phi) is 4.07. The van der Waals surface area contributed by atoms with Gasteiger partial charge in [-0.25, -0.2) is 0 Å². The van der Waals surface area contributed by atoms with Crippen molar-refractivity contribution in [1.29, 1.82) is 0 Å². The van der Waals surface area contributed by atoms with E-state index in [4.69, 9.17) is 17.3 Å². The first-order valence-electron chi connectivity index (χ1n) is 5.86. The second kappa shape index (κ2) is 5.38. The Bertz CT molecular complexity index is 407. The quantitative estimate of drug-likeness (QED) is 0.899. The molecule has 1 saturated heterocycles. The Balaban J connectivity index is 2.05. The zero-order chi connectivity index (χ0) is 12.4. The first kappa shape index (κ1) is 12.9. The molecular weight excluding hydrogens is 256 g/mol. The van der Waals surface area contributed by atoms with Crippen LogP contribution in [-0.2, 0) is 0 Å². The van der Waals surface area contributed by atoms with Crippen LogP contribution in [0.25, 0.3) is 0 Å². The Morgan fingerprint density at radius 2 is 2.41 bits per heavy atom. The fourth-order valence-corrected chi connectivity index (χ4v) is 3.24. The van der Waals surface area contributed by atoms with Crippen LogP contribution < -0.4 is 5.73 Å². The van der Waals surface area contributed by atoms with E-state index in [1.165, 1.54) is 11.3 Å². The van der Waals surface area contributed by atoms with Gasteiger partial charge in [0.1, 0.15) is 0 Å². The van der Waals surface area contributed by atoms with Crippen molar-refractivity contribution in [3.8, 4) is 0 Å². The third kappa shape index (κ3) is 2.81. The van der Waals surface area contributed by atoms with Crippen LogP contribution >= 0.6 is 22.9 Å². The Morgan fingerprint density at radius 1 is 1.65 bits per heavy atom. The first-order valence-corrected chi connectivity index (χ1v) is 7.06. The largest absolute Gasteiger partial charge is 0.338 e. The Hall–Kier alpha value is -0.580. The maximum Gasteiger partial charge on any atom is 0.263 e. The summed E-state index contributed by atoms with van der Waals surface area (Å²) in [5.74, 6) is 1.12. The second-order valence-electron chi connectivity index (χ2n) is 4.62. The van der Waals surface area contributed by atoms with E-state index in [1.807, 2.05) is 4.90 Å². The maximum absolute atomic E-state index is 12.2. The molecule has 3 nitrogen and oxygen atoms in total. The lowest BCUT2D eigenvalue weighted by molar-refractivity contribution is 0.0623. The van der Waals surface area contributed by atoms with E-state index in [1.54, 1.807) is 12.1 Å². The molecule has 17 heavy (non-hydrogen) atoms. The number of nitrogens with two attached hydrogens (primary N) is 1. The van der Waals surface area contributed by atoms with Crippen molar-refractivity contribution >= 4 is 28.8 Å². The SMILES string of the molecule is CC1CCN(C(=O)c2ccc(Cl)s2)CC1CN. The molecule has 0 bridgehead atoms. The number of hydrogen-bond donors (Lipinski definition) is 1. The molecule has 1 amide bonds. The minimum atomic E-state index is 0.0900. The summed E-state index contributed by atoms with van der Waals surface area (Å²) in [7, 11) is 0. The molecule has 0 aromatic carbocycles. The van der Waals surface area contributed by atoms with Gasteiger partial charge in [0.05, 0.1) is 9.21 Å². The van der Waals surface area contributed by atoms with E-state index in [-0.39, 0.29) is 5.91 Å². The molecule has 1 aliphatic heterocycles. The lowest BCUT2D eigenvalue weighted by Gasteiger charge is -2.36. The molecule has 2 rings (SSSR count). The fraction of sp³-hybridized carbons (Fsp3) is 0.583. The molecule has 0 saturated carbocycles. The minimum absolute atomic E-state index is 0.0900. The van der Waals surface area contributed by atoms with Gasteiger partial charge in [0.2, 0.25) is 0 Å². The van der Waals surface area contributed by atoms with Crippen molar-refractivity contribution in [2.45, 2.75) is 13.3 Å². The fourth-order valence-electron chi connectivity index (χ4n) is 2.23. The molecule has 1 aliphatic rings. The molecule has 94 valence electrons. The molecule has 2 unspecified atom stereocenters. The Labute approximate surface area is 111 Å². The summed E-state index contributed by atoms with van der Waals surface area (Å²) in [6, 6.07) is 3.57. The van der Waals surface area contributed by atoms with Gasteiger partial charge in [-0.3, -0.25) is 4.79 Å². The lowest BCUT2D eigenvalue weighted by atomic mass is 9.87. The van der Waals surface area contributed by atoms with E-state index in [9.17, 15) is 4.79 Å². The van der Waals surface area contributed by atoms with E-state index < -0.39 is 0 Å². The topological polar surface area (TPSA) is 46.3 Å². The van der Waals surface area contributed by atoms with Crippen molar-refractivity contribution in [1.82, 2.24) is 4.90 Å². The average molecular weight is 273 g/mol. The second-order valence-corrected chi connectivity index (χ2v) is 6.33. The van der Waals surface area contributed by atoms with Crippen molar-refractivity contribution in [3.63, 3.8) is 0 Å². The van der Waals surface area contributed by atoms with Gasteiger partial charge in [0.15, 0.2) is 0 Å². The highest BCUT2D eigenvalue weighted by molar-refractivity contribution is 7.17. The van der Waals surface area contributed by atoms with Gasteiger partial charge in [0, 0.05) is 13.1 Å². The van der Waals surface area contributed by atoms with Crippen molar-refractivity contribution in [2.75, 3.05) is 19.6 Å². The summed E-state index contributed by atoms with van der Waals surface area (Å²) in [5.41, 5.74) is 5.74. The summed E-state index contributed by atoms with van der Waals surface area (Å²) >= 11 is 7.19. The molecule has 5 heteroatoms. The van der Waals surface area contributed by atoms with Gasteiger partial charge in [-0.2, -0.15) is 0 Å². The molecule has 0 aliphatic carbocycles. The van der Waals surface area contributed by atoms with Gasteiger partial charge < -0.3 is 10.6 Å². The highest BCUT2D eigenvalue weighted by atomic mass is 35.5. The van der Waals surface area contributed by atoms with Crippen LogP contribution in [-0.4, -0.2) is 30.4 Å². The van der Waals surface area contributed by atoms with E-state index in [0.717, 1.165) is 24.4 Å². The van der Waals surface area contributed by atoms with Crippen molar-refractivity contribution in [3.05, 3.63) is 21.3 Å². The number of carbonyl (C=O) groups is 1. The van der Waals surface area contributed by atoms with Gasteiger partial charge in [-0.15, -0.1) is 11.3 Å². The number of halogens is 1. The molecule has 0 spiro atoms. The summed E-state index contributed by atoms with van der Waals surface area (Å²) in [6.45, 7) is 4.45. The average Bonchev–Trinajstić information content (AvgIpc) is 2.75. The number of rotatable bonds is 2. The van der Waals surface area contributed by atoms with E-state index in [2.05, 4.69) is 6.92 Å². The van der Waals surface area contributed by atoms with Crippen LogP contribution in [0.3, 0.4) is 0 Å². The molecule has 1 fully saturated rings. The lowest BCUT2D eigenvalue weighted by Crippen LogP contribution is -2.45. The molecule has 0 radical (unpaired) electrons. The predicted octanol–water partition coefficient (Wildman–Crippen LogP) is 2.46.